The van der Waals surface area contributed by atoms with Gasteiger partial charge < -0.3 is 4.90 Å². The second-order valence-corrected chi connectivity index (χ2v) is 8.53. The van der Waals surface area contributed by atoms with Gasteiger partial charge in [0.1, 0.15) is 7.05 Å². The monoisotopic (exact) mass is 393 g/mol. The minimum atomic E-state index is 1.03. The van der Waals surface area contributed by atoms with E-state index in [2.05, 4.69) is 102 Å². The van der Waals surface area contributed by atoms with Crippen LogP contribution in [0.5, 0.6) is 0 Å². The summed E-state index contributed by atoms with van der Waals surface area (Å²) in [5.41, 5.74) is 11.1. The van der Waals surface area contributed by atoms with Crippen molar-refractivity contribution in [2.24, 2.45) is 0 Å². The molecule has 2 heteroatoms. The van der Waals surface area contributed by atoms with Crippen LogP contribution in [0.3, 0.4) is 0 Å². The lowest BCUT2D eigenvalue weighted by Crippen LogP contribution is -2.10. The zero-order valence-corrected chi connectivity index (χ0v) is 17.9. The Labute approximate surface area is 179 Å². The summed E-state index contributed by atoms with van der Waals surface area (Å²) in [5.74, 6) is 0. The lowest BCUT2D eigenvalue weighted by atomic mass is 9.94. The van der Waals surface area contributed by atoms with Crippen LogP contribution in [-0.2, 0) is 12.8 Å². The summed E-state index contributed by atoms with van der Waals surface area (Å²) in [7, 11) is 4.35. The first-order valence-corrected chi connectivity index (χ1v) is 11.0. The minimum absolute atomic E-state index is 1.03. The van der Waals surface area contributed by atoms with Crippen LogP contribution in [0.25, 0.3) is 0 Å². The van der Waals surface area contributed by atoms with E-state index in [1.54, 1.807) is 0 Å². The molecule has 0 saturated carbocycles. The van der Waals surface area contributed by atoms with E-state index in [1.165, 1.54) is 64.3 Å². The average Bonchev–Trinajstić information content (AvgIpc) is 3.28. The van der Waals surface area contributed by atoms with Gasteiger partial charge in [-0.3, -0.25) is 0 Å². The number of likely N-dealkylation sites (N-methyl/N-ethyl adjacent to an activating group) is 1. The van der Waals surface area contributed by atoms with Crippen molar-refractivity contribution in [2.75, 3.05) is 19.0 Å². The van der Waals surface area contributed by atoms with Gasteiger partial charge >= 0.3 is 0 Å². The van der Waals surface area contributed by atoms with Gasteiger partial charge in [-0.25, -0.2) is 0 Å². The highest BCUT2D eigenvalue weighted by Gasteiger charge is 2.24. The first kappa shape index (κ1) is 18.9. The molecule has 5 rings (SSSR count). The van der Waals surface area contributed by atoms with Crippen LogP contribution in [-0.4, -0.2) is 24.4 Å². The molecule has 0 bridgehead atoms. The quantitative estimate of drug-likeness (QED) is 0.569. The van der Waals surface area contributed by atoms with Crippen molar-refractivity contribution in [2.45, 2.75) is 32.1 Å². The first-order valence-electron chi connectivity index (χ1n) is 11.0. The number of benzene rings is 2. The summed E-state index contributed by atoms with van der Waals surface area (Å²) in [6.07, 6.45) is 17.3. The lowest BCUT2D eigenvalue weighted by Gasteiger charge is -2.15. The zero-order valence-electron chi connectivity index (χ0n) is 17.9. The van der Waals surface area contributed by atoms with Gasteiger partial charge in [-0.15, -0.1) is 0 Å². The molecule has 0 unspecified atom stereocenters. The lowest BCUT2D eigenvalue weighted by molar-refractivity contribution is -0.400. The molecule has 30 heavy (non-hydrogen) atoms. The Hall–Kier alpha value is -3.13. The fourth-order valence-corrected chi connectivity index (χ4v) is 4.80. The smallest absolute Gasteiger partial charge is 0.208 e. The summed E-state index contributed by atoms with van der Waals surface area (Å²) in [5, 5.41) is 0. The molecule has 2 aromatic rings. The molecular formula is C28H29N2+. The normalized spacial score (nSPS) is 21.0. The summed E-state index contributed by atoms with van der Waals surface area (Å²) >= 11 is 0. The number of allylic oxidation sites excluding steroid dienone is 8. The summed E-state index contributed by atoms with van der Waals surface area (Å²) in [6, 6.07) is 17.4. The molecule has 0 atom stereocenters. The van der Waals surface area contributed by atoms with Crippen molar-refractivity contribution in [1.29, 1.82) is 0 Å². The van der Waals surface area contributed by atoms with Crippen molar-refractivity contribution in [1.82, 2.24) is 0 Å². The maximum absolute atomic E-state index is 2.39. The van der Waals surface area contributed by atoms with Crippen LogP contribution in [0, 0.1) is 0 Å². The van der Waals surface area contributed by atoms with Crippen molar-refractivity contribution in [3.05, 3.63) is 107 Å². The standard InChI is InChI=1S/C28H29N2/c1-29-25(19-23-10-3-5-12-27(23)29)16-14-21-8-7-9-22(18-21)15-17-26-20-24-11-4-6-13-28(24)30(26)2/h3-6,10-18H,7-9,19-20H2,1-2H3/q+1. The van der Waals surface area contributed by atoms with Crippen LogP contribution < -0.4 is 4.90 Å². The van der Waals surface area contributed by atoms with Gasteiger partial charge in [0.15, 0.2) is 5.71 Å². The summed E-state index contributed by atoms with van der Waals surface area (Å²) < 4.78 is 2.32. The largest absolute Gasteiger partial charge is 0.348 e. The van der Waals surface area contributed by atoms with E-state index < -0.39 is 0 Å². The van der Waals surface area contributed by atoms with E-state index in [4.69, 9.17) is 0 Å². The molecule has 0 saturated heterocycles. The topological polar surface area (TPSA) is 6.25 Å². The molecule has 3 aliphatic rings. The van der Waals surface area contributed by atoms with Gasteiger partial charge in [0.05, 0.1) is 6.42 Å². The Morgan fingerprint density at radius 2 is 1.67 bits per heavy atom. The van der Waals surface area contributed by atoms with E-state index in [-0.39, 0.29) is 0 Å². The maximum Gasteiger partial charge on any atom is 0.208 e. The highest BCUT2D eigenvalue weighted by molar-refractivity contribution is 5.96. The van der Waals surface area contributed by atoms with Crippen LogP contribution >= 0.6 is 0 Å². The van der Waals surface area contributed by atoms with Gasteiger partial charge in [0.2, 0.25) is 5.69 Å². The number of hydrogen-bond acceptors (Lipinski definition) is 1. The van der Waals surface area contributed by atoms with Gasteiger partial charge in [-0.1, -0.05) is 54.6 Å². The Morgan fingerprint density at radius 1 is 0.867 bits per heavy atom. The minimum Gasteiger partial charge on any atom is -0.348 e. The molecule has 2 nitrogen and oxygen atoms in total. The SMILES string of the molecule is CN1/C(=C\C=C2C=C(/C=C/C3=[N+](C)c4ccccc4C3)CCC\2)Cc2ccccc21. The van der Waals surface area contributed by atoms with E-state index >= 15 is 0 Å². The molecule has 2 aliphatic heterocycles. The number of nitrogens with zero attached hydrogens (tertiary/aromatic N) is 2. The summed E-state index contributed by atoms with van der Waals surface area (Å²) in [4.78, 5) is 2.32. The number of fused-ring (bicyclic) bond motifs is 2. The van der Waals surface area contributed by atoms with E-state index in [0.717, 1.165) is 12.8 Å². The van der Waals surface area contributed by atoms with Crippen LogP contribution in [0.4, 0.5) is 11.4 Å². The molecule has 2 heterocycles. The molecule has 150 valence electrons. The third-order valence-corrected chi connectivity index (χ3v) is 6.59. The average molecular weight is 394 g/mol. The van der Waals surface area contributed by atoms with E-state index in [1.807, 2.05) is 0 Å². The predicted molar refractivity (Wildman–Crippen MR) is 127 cm³/mol. The highest BCUT2D eigenvalue weighted by Crippen LogP contribution is 2.33. The predicted octanol–water partition coefficient (Wildman–Crippen LogP) is 6.13. The third-order valence-electron chi connectivity index (χ3n) is 6.59. The Morgan fingerprint density at radius 3 is 2.50 bits per heavy atom. The number of para-hydroxylation sites is 2. The van der Waals surface area contributed by atoms with Crippen LogP contribution in [0.15, 0.2) is 95.8 Å². The Kier molecular flexibility index (Phi) is 5.00. The third kappa shape index (κ3) is 3.59. The number of anilines is 1. The second-order valence-electron chi connectivity index (χ2n) is 8.53. The molecule has 0 aromatic heterocycles. The molecule has 0 spiro atoms. The van der Waals surface area contributed by atoms with E-state index in [0.29, 0.717) is 0 Å². The summed E-state index contributed by atoms with van der Waals surface area (Å²) in [6.45, 7) is 0. The first-order chi connectivity index (χ1) is 14.7. The maximum atomic E-state index is 2.39. The fourth-order valence-electron chi connectivity index (χ4n) is 4.80. The Balaban J connectivity index is 1.32. The fraction of sp³-hybridized carbons (Fsp3) is 0.250. The van der Waals surface area contributed by atoms with E-state index in [9.17, 15) is 0 Å². The highest BCUT2D eigenvalue weighted by atomic mass is 15.1. The molecule has 0 fully saturated rings. The van der Waals surface area contributed by atoms with Crippen molar-refractivity contribution in [3.8, 4) is 0 Å². The molecule has 2 aromatic carbocycles. The number of hydrogen-bond donors (Lipinski definition) is 0. The molecule has 0 amide bonds. The zero-order chi connectivity index (χ0) is 20.5. The van der Waals surface area contributed by atoms with Crippen LogP contribution in [0.2, 0.25) is 0 Å². The van der Waals surface area contributed by atoms with Crippen molar-refractivity contribution < 1.29 is 4.58 Å². The van der Waals surface area contributed by atoms with Gasteiger partial charge in [0, 0.05) is 42.6 Å². The molecular weight excluding hydrogens is 364 g/mol. The van der Waals surface area contributed by atoms with Crippen molar-refractivity contribution >= 4 is 17.1 Å². The molecule has 0 radical (unpaired) electrons. The van der Waals surface area contributed by atoms with Crippen LogP contribution in [0.1, 0.15) is 30.4 Å². The second kappa shape index (κ2) is 7.95. The van der Waals surface area contributed by atoms with Crippen molar-refractivity contribution in [3.63, 3.8) is 0 Å². The molecule has 0 N–H and O–H groups in total. The van der Waals surface area contributed by atoms with Gasteiger partial charge in [-0.05, 0) is 48.1 Å². The molecule has 1 aliphatic carbocycles. The van der Waals surface area contributed by atoms with Gasteiger partial charge in [-0.2, -0.15) is 4.58 Å². The van der Waals surface area contributed by atoms with Gasteiger partial charge in [0.25, 0.3) is 0 Å². The Bertz CT molecular complexity index is 1140. The number of rotatable bonds is 3.